The second kappa shape index (κ2) is 7.39. The van der Waals surface area contributed by atoms with E-state index in [1.807, 2.05) is 24.3 Å². The van der Waals surface area contributed by atoms with Crippen molar-refractivity contribution in [3.05, 3.63) is 83.7 Å². The quantitative estimate of drug-likeness (QED) is 0.429. The van der Waals surface area contributed by atoms with Gasteiger partial charge >= 0.3 is 6.09 Å². The molecule has 2 aliphatic rings. The zero-order valence-electron chi connectivity index (χ0n) is 16.4. The summed E-state index contributed by atoms with van der Waals surface area (Å²) in [6.45, 7) is 6.41. The SMILES string of the molecule is CC(C)(C)c1ccc(NC(=O)Oc2cccocc3ccoc3cc3oc2=3)cc1. The standard InChI is InChI=1S/C23H21NO5/c1-23(2,3)16-6-8-17(9-7-16)24-22(25)29-18-5-4-11-26-14-15-10-12-27-19(15)13-20-21(18)28-20/h4-14H,1-3H3,(H,24,25). The average molecular weight is 391 g/mol. The van der Waals surface area contributed by atoms with E-state index in [1.54, 1.807) is 36.8 Å². The van der Waals surface area contributed by atoms with Crippen molar-refractivity contribution in [2.45, 2.75) is 26.2 Å². The van der Waals surface area contributed by atoms with Crippen LogP contribution in [0.15, 0.2) is 80.6 Å². The number of hydrogen-bond donors (Lipinski definition) is 1. The van der Waals surface area contributed by atoms with Gasteiger partial charge in [0.05, 0.1) is 17.9 Å². The van der Waals surface area contributed by atoms with Crippen LogP contribution in [0.25, 0.3) is 11.0 Å². The van der Waals surface area contributed by atoms with E-state index in [4.69, 9.17) is 18.0 Å². The van der Waals surface area contributed by atoms with Gasteiger partial charge < -0.3 is 18.0 Å². The Hall–Kier alpha value is -3.67. The van der Waals surface area contributed by atoms with Gasteiger partial charge in [-0.15, -0.1) is 0 Å². The fourth-order valence-electron chi connectivity index (χ4n) is 2.75. The number of furan rings is 1. The van der Waals surface area contributed by atoms with Crippen molar-refractivity contribution >= 4 is 22.7 Å². The highest BCUT2D eigenvalue weighted by atomic mass is 16.6. The van der Waals surface area contributed by atoms with Crippen LogP contribution < -0.4 is 10.1 Å². The Labute approximate surface area is 167 Å². The molecule has 0 aliphatic carbocycles. The normalized spacial score (nSPS) is 11.4. The molecule has 1 amide bonds. The first-order valence-electron chi connectivity index (χ1n) is 9.20. The molecule has 2 aromatic rings. The Balaban J connectivity index is 1.58. The van der Waals surface area contributed by atoms with E-state index >= 15 is 0 Å². The second-order valence-electron chi connectivity index (χ2n) is 7.64. The highest BCUT2D eigenvalue weighted by Crippen LogP contribution is 2.24. The number of amides is 1. The highest BCUT2D eigenvalue weighted by molar-refractivity contribution is 5.86. The topological polar surface area (TPSA) is 77.8 Å². The van der Waals surface area contributed by atoms with Crippen molar-refractivity contribution in [1.82, 2.24) is 0 Å². The van der Waals surface area contributed by atoms with Crippen LogP contribution in [0.2, 0.25) is 0 Å². The van der Waals surface area contributed by atoms with Crippen LogP contribution in [0.3, 0.4) is 0 Å². The Kier molecular flexibility index (Phi) is 4.76. The number of hydrogen-bond acceptors (Lipinski definition) is 5. The number of rotatable bonds is 2. The van der Waals surface area contributed by atoms with Gasteiger partial charge in [-0.2, -0.15) is 0 Å². The molecule has 6 heteroatoms. The third-order valence-electron chi connectivity index (χ3n) is 4.41. The lowest BCUT2D eigenvalue weighted by molar-refractivity contribution is 0.214. The van der Waals surface area contributed by atoms with Gasteiger partial charge in [-0.1, -0.05) is 32.9 Å². The molecule has 4 rings (SSSR count). The molecule has 3 heterocycles. The van der Waals surface area contributed by atoms with Crippen LogP contribution in [0.5, 0.6) is 5.75 Å². The molecule has 148 valence electrons. The first kappa shape index (κ1) is 18.7. The third-order valence-corrected chi connectivity index (χ3v) is 4.41. The van der Waals surface area contributed by atoms with Crippen molar-refractivity contribution in [3.63, 3.8) is 0 Å². The lowest BCUT2D eigenvalue weighted by atomic mass is 9.87. The van der Waals surface area contributed by atoms with Gasteiger partial charge in [-0.25, -0.2) is 4.79 Å². The largest absolute Gasteiger partial charge is 0.472 e. The molecule has 0 radical (unpaired) electrons. The molecule has 0 atom stereocenters. The first-order chi connectivity index (χ1) is 13.9. The maximum absolute atomic E-state index is 12.4. The molecule has 0 unspecified atom stereocenters. The maximum atomic E-state index is 12.4. The number of carbonyl (C=O) groups is 1. The molecule has 0 fully saturated rings. The molecule has 1 aromatic heterocycles. The zero-order chi connectivity index (χ0) is 20.4. The summed E-state index contributed by atoms with van der Waals surface area (Å²) in [4.78, 5) is 12.4. The summed E-state index contributed by atoms with van der Waals surface area (Å²) in [7, 11) is 0. The van der Waals surface area contributed by atoms with Crippen molar-refractivity contribution in [2.24, 2.45) is 0 Å². The molecule has 0 saturated carbocycles. The molecule has 0 saturated heterocycles. The Bertz CT molecular complexity index is 1250. The number of carbonyl (C=O) groups excluding carboxylic acids is 1. The van der Waals surface area contributed by atoms with Crippen LogP contribution >= 0.6 is 0 Å². The number of fused-ring (bicyclic) bond motifs is 1. The third kappa shape index (κ3) is 4.43. The van der Waals surface area contributed by atoms with E-state index in [2.05, 4.69) is 26.1 Å². The fraction of sp³-hybridized carbons (Fsp3) is 0.174. The van der Waals surface area contributed by atoms with Crippen LogP contribution in [0.1, 0.15) is 26.3 Å². The first-order valence-corrected chi connectivity index (χ1v) is 9.20. The summed E-state index contributed by atoms with van der Waals surface area (Å²) in [5, 5.41) is 3.50. The lowest BCUT2D eigenvalue weighted by Gasteiger charge is -2.19. The van der Waals surface area contributed by atoms with Gasteiger partial charge in [0, 0.05) is 11.8 Å². The van der Waals surface area contributed by atoms with E-state index in [-0.39, 0.29) is 11.2 Å². The molecule has 0 spiro atoms. The predicted octanol–water partition coefficient (Wildman–Crippen LogP) is 6.38. The van der Waals surface area contributed by atoms with E-state index in [0.29, 0.717) is 22.1 Å². The summed E-state index contributed by atoms with van der Waals surface area (Å²) < 4.78 is 21.7. The van der Waals surface area contributed by atoms with Gasteiger partial charge in [0.2, 0.25) is 5.42 Å². The fourth-order valence-corrected chi connectivity index (χ4v) is 2.75. The smallest absolute Gasteiger partial charge is 0.417 e. The Morgan fingerprint density at radius 3 is 2.59 bits per heavy atom. The molecule has 0 bridgehead atoms. The molecular weight excluding hydrogens is 370 g/mol. The van der Waals surface area contributed by atoms with Gasteiger partial charge in [-0.05, 0) is 41.3 Å². The molecule has 2 aliphatic heterocycles. The lowest BCUT2D eigenvalue weighted by Crippen LogP contribution is -2.17. The summed E-state index contributed by atoms with van der Waals surface area (Å²) in [5.41, 5.74) is 3.50. The molecule has 1 N–H and O–H groups in total. The highest BCUT2D eigenvalue weighted by Gasteiger charge is 2.15. The number of benzene rings is 1. The van der Waals surface area contributed by atoms with Crippen molar-refractivity contribution in [2.75, 3.05) is 5.32 Å². The summed E-state index contributed by atoms with van der Waals surface area (Å²) in [6, 6.07) is 14.4. The van der Waals surface area contributed by atoms with E-state index in [9.17, 15) is 4.79 Å². The van der Waals surface area contributed by atoms with Crippen LogP contribution in [0, 0.1) is 10.8 Å². The Morgan fingerprint density at radius 1 is 1.03 bits per heavy atom. The van der Waals surface area contributed by atoms with Crippen molar-refractivity contribution in [3.8, 4) is 5.75 Å². The minimum absolute atomic E-state index is 0.0427. The summed E-state index contributed by atoms with van der Waals surface area (Å²) >= 11 is 0. The van der Waals surface area contributed by atoms with E-state index in [1.165, 1.54) is 11.8 Å². The summed E-state index contributed by atoms with van der Waals surface area (Å²) in [5.74, 6) is 0.273. The van der Waals surface area contributed by atoms with Crippen molar-refractivity contribution in [1.29, 1.82) is 0 Å². The number of ether oxygens (including phenoxy) is 1. The maximum Gasteiger partial charge on any atom is 0.417 e. The Morgan fingerprint density at radius 2 is 1.83 bits per heavy atom. The molecule has 29 heavy (non-hydrogen) atoms. The van der Waals surface area contributed by atoms with Crippen LogP contribution in [-0.4, -0.2) is 6.09 Å². The molecule has 6 nitrogen and oxygen atoms in total. The predicted molar refractivity (Wildman–Crippen MR) is 108 cm³/mol. The van der Waals surface area contributed by atoms with Gasteiger partial charge in [0.1, 0.15) is 11.8 Å². The average Bonchev–Trinajstić information content (AvgIpc) is 3.29. The summed E-state index contributed by atoms with van der Waals surface area (Å²) in [6.07, 6.45) is 3.97. The monoisotopic (exact) mass is 391 g/mol. The molecular formula is C23H21NO5. The van der Waals surface area contributed by atoms with Crippen LogP contribution in [0.4, 0.5) is 10.5 Å². The number of anilines is 1. The minimum atomic E-state index is -0.614. The van der Waals surface area contributed by atoms with Gasteiger partial charge in [0.15, 0.2) is 11.2 Å². The van der Waals surface area contributed by atoms with Gasteiger partial charge in [-0.3, -0.25) is 5.32 Å². The van der Waals surface area contributed by atoms with Crippen LogP contribution in [-0.2, 0) is 5.41 Å². The van der Waals surface area contributed by atoms with E-state index in [0.717, 1.165) is 5.39 Å². The zero-order valence-corrected chi connectivity index (χ0v) is 16.4. The van der Waals surface area contributed by atoms with E-state index < -0.39 is 6.09 Å². The number of nitrogens with one attached hydrogen (secondary N) is 1. The molecule has 1 aromatic carbocycles. The minimum Gasteiger partial charge on any atom is -0.472 e. The second-order valence-corrected chi connectivity index (χ2v) is 7.64. The van der Waals surface area contributed by atoms with Crippen molar-refractivity contribution < 1.29 is 22.8 Å². The van der Waals surface area contributed by atoms with Gasteiger partial charge in [0.25, 0.3) is 0 Å².